The van der Waals surface area contributed by atoms with Gasteiger partial charge >= 0.3 is 5.97 Å². The molecule has 0 radical (unpaired) electrons. The van der Waals surface area contributed by atoms with Gasteiger partial charge in [-0.05, 0) is 54.7 Å². The van der Waals surface area contributed by atoms with E-state index in [1.54, 1.807) is 23.5 Å². The number of para-hydroxylation sites is 1. The first kappa shape index (κ1) is 17.7. The molecule has 138 valence electrons. The maximum Gasteiger partial charge on any atom is 0.335 e. The summed E-state index contributed by atoms with van der Waals surface area (Å²) in [6.07, 6.45) is 2.85. The molecule has 2 aromatic carbocycles. The van der Waals surface area contributed by atoms with Crippen LogP contribution in [0.25, 0.3) is 10.2 Å². The lowest BCUT2D eigenvalue weighted by molar-refractivity contribution is -0.132. The number of benzene rings is 2. The summed E-state index contributed by atoms with van der Waals surface area (Å²) in [6, 6.07) is 13.3. The number of rotatable bonds is 5. The minimum absolute atomic E-state index is 0.127. The Morgan fingerprint density at radius 3 is 2.81 bits per heavy atom. The maximum absolute atomic E-state index is 12.6. The van der Waals surface area contributed by atoms with E-state index in [0.717, 1.165) is 40.9 Å². The Kier molecular flexibility index (Phi) is 4.90. The standard InChI is InChI=1S/C21H20N2O3S/c24-20(7-3-6-19-22-17-4-1-2-5-18(17)27-19)23-11-10-14-8-9-15(21(25)26)12-16(14)13-23/h1-2,4-5,8-9,12H,3,6-7,10-11,13H2,(H,25,26). The van der Waals surface area contributed by atoms with Crippen LogP contribution in [0.2, 0.25) is 0 Å². The van der Waals surface area contributed by atoms with Crippen molar-refractivity contribution in [1.82, 2.24) is 9.88 Å². The van der Waals surface area contributed by atoms with Gasteiger partial charge in [-0.2, -0.15) is 0 Å². The van der Waals surface area contributed by atoms with Gasteiger partial charge in [-0.3, -0.25) is 4.79 Å². The molecule has 2 heterocycles. The van der Waals surface area contributed by atoms with Crippen molar-refractivity contribution in [1.29, 1.82) is 0 Å². The molecule has 0 saturated heterocycles. The second-order valence-electron chi connectivity index (χ2n) is 6.78. The fourth-order valence-electron chi connectivity index (χ4n) is 3.48. The van der Waals surface area contributed by atoms with E-state index in [1.165, 1.54) is 4.70 Å². The SMILES string of the molecule is O=C(O)c1ccc2c(c1)CN(C(=O)CCCc1nc3ccccc3s1)CC2. The van der Waals surface area contributed by atoms with Gasteiger partial charge in [-0.25, -0.2) is 9.78 Å². The molecule has 0 unspecified atom stereocenters. The quantitative estimate of drug-likeness (QED) is 0.729. The van der Waals surface area contributed by atoms with Gasteiger partial charge in [0, 0.05) is 19.5 Å². The molecule has 27 heavy (non-hydrogen) atoms. The third kappa shape index (κ3) is 3.85. The van der Waals surface area contributed by atoms with Gasteiger partial charge in [0.2, 0.25) is 5.91 Å². The topological polar surface area (TPSA) is 70.5 Å². The van der Waals surface area contributed by atoms with Crippen molar-refractivity contribution in [3.05, 3.63) is 64.2 Å². The van der Waals surface area contributed by atoms with Crippen LogP contribution >= 0.6 is 11.3 Å². The number of thiazole rings is 1. The Morgan fingerprint density at radius 2 is 2.00 bits per heavy atom. The number of carboxylic acids is 1. The highest BCUT2D eigenvalue weighted by molar-refractivity contribution is 7.18. The van der Waals surface area contributed by atoms with Crippen LogP contribution in [0.15, 0.2) is 42.5 Å². The van der Waals surface area contributed by atoms with Gasteiger partial charge in [0.25, 0.3) is 0 Å². The van der Waals surface area contributed by atoms with Crippen molar-refractivity contribution in [2.75, 3.05) is 6.54 Å². The second-order valence-corrected chi connectivity index (χ2v) is 7.90. The van der Waals surface area contributed by atoms with Gasteiger partial charge in [0.15, 0.2) is 0 Å². The molecule has 0 atom stereocenters. The lowest BCUT2D eigenvalue weighted by atomic mass is 9.97. The summed E-state index contributed by atoms with van der Waals surface area (Å²) in [6.45, 7) is 1.19. The van der Waals surface area contributed by atoms with E-state index in [4.69, 9.17) is 5.11 Å². The number of aromatic nitrogens is 1. The summed E-state index contributed by atoms with van der Waals surface area (Å²) in [7, 11) is 0. The van der Waals surface area contributed by atoms with E-state index in [9.17, 15) is 9.59 Å². The third-order valence-corrected chi connectivity index (χ3v) is 6.03. The Labute approximate surface area is 161 Å². The van der Waals surface area contributed by atoms with Crippen LogP contribution in [-0.2, 0) is 24.2 Å². The van der Waals surface area contributed by atoms with Gasteiger partial charge < -0.3 is 10.0 Å². The highest BCUT2D eigenvalue weighted by Crippen LogP contribution is 2.24. The number of carbonyl (C=O) groups is 2. The van der Waals surface area contributed by atoms with Gasteiger partial charge in [0.1, 0.15) is 0 Å². The number of amides is 1. The molecule has 6 heteroatoms. The summed E-state index contributed by atoms with van der Waals surface area (Å²) in [5, 5.41) is 10.2. The van der Waals surface area contributed by atoms with E-state index < -0.39 is 5.97 Å². The molecule has 1 aliphatic heterocycles. The van der Waals surface area contributed by atoms with Crippen LogP contribution in [0, 0.1) is 0 Å². The summed E-state index contributed by atoms with van der Waals surface area (Å²) in [4.78, 5) is 30.2. The molecule has 0 bridgehead atoms. The van der Waals surface area contributed by atoms with Crippen LogP contribution < -0.4 is 0 Å². The molecule has 1 amide bonds. The summed E-state index contributed by atoms with van der Waals surface area (Å²) >= 11 is 1.69. The van der Waals surface area contributed by atoms with E-state index >= 15 is 0 Å². The summed E-state index contributed by atoms with van der Waals surface area (Å²) < 4.78 is 1.18. The maximum atomic E-state index is 12.6. The Hall–Kier alpha value is -2.73. The lowest BCUT2D eigenvalue weighted by Gasteiger charge is -2.29. The molecule has 0 spiro atoms. The van der Waals surface area contributed by atoms with Crippen molar-refractivity contribution in [3.8, 4) is 0 Å². The highest BCUT2D eigenvalue weighted by Gasteiger charge is 2.21. The summed E-state index contributed by atoms with van der Waals surface area (Å²) in [5.41, 5.74) is 3.38. The molecule has 1 aliphatic rings. The zero-order chi connectivity index (χ0) is 18.8. The number of fused-ring (bicyclic) bond motifs is 2. The monoisotopic (exact) mass is 380 g/mol. The first-order valence-corrected chi connectivity index (χ1v) is 9.89. The van der Waals surface area contributed by atoms with Crippen molar-refractivity contribution in [2.24, 2.45) is 0 Å². The number of carboxylic acid groups (broad SMARTS) is 1. The molecule has 0 aliphatic carbocycles. The number of nitrogens with zero attached hydrogens (tertiary/aromatic N) is 2. The predicted molar refractivity (Wildman–Crippen MR) is 105 cm³/mol. The molecule has 5 nitrogen and oxygen atoms in total. The number of aryl methyl sites for hydroxylation is 1. The minimum atomic E-state index is -0.933. The molecule has 0 saturated carbocycles. The van der Waals surface area contributed by atoms with Gasteiger partial charge in [-0.1, -0.05) is 18.2 Å². The highest BCUT2D eigenvalue weighted by atomic mass is 32.1. The largest absolute Gasteiger partial charge is 0.478 e. The summed E-state index contributed by atoms with van der Waals surface area (Å²) in [5.74, 6) is -0.806. The van der Waals surface area contributed by atoms with Crippen LogP contribution in [-0.4, -0.2) is 33.4 Å². The van der Waals surface area contributed by atoms with E-state index in [2.05, 4.69) is 11.1 Å². The number of aromatic carboxylic acids is 1. The molecule has 1 N–H and O–H groups in total. The smallest absolute Gasteiger partial charge is 0.335 e. The number of carbonyl (C=O) groups excluding carboxylic acids is 1. The minimum Gasteiger partial charge on any atom is -0.478 e. The third-order valence-electron chi connectivity index (χ3n) is 4.94. The van der Waals surface area contributed by atoms with Crippen LogP contribution in [0.5, 0.6) is 0 Å². The molecule has 4 rings (SSSR count). The van der Waals surface area contributed by atoms with Crippen LogP contribution in [0.4, 0.5) is 0 Å². The van der Waals surface area contributed by atoms with E-state index in [0.29, 0.717) is 19.5 Å². The predicted octanol–water partition coefficient (Wildman–Crippen LogP) is 3.90. The fraction of sp³-hybridized carbons (Fsp3) is 0.286. The molecular formula is C21H20N2O3S. The van der Waals surface area contributed by atoms with E-state index in [1.807, 2.05) is 29.2 Å². The normalized spacial score (nSPS) is 13.6. The van der Waals surface area contributed by atoms with Crippen molar-refractivity contribution in [2.45, 2.75) is 32.2 Å². The van der Waals surface area contributed by atoms with Crippen LogP contribution in [0.3, 0.4) is 0 Å². The number of hydrogen-bond donors (Lipinski definition) is 1. The zero-order valence-corrected chi connectivity index (χ0v) is 15.7. The molecule has 0 fully saturated rings. The molecular weight excluding hydrogens is 360 g/mol. The second kappa shape index (κ2) is 7.48. The van der Waals surface area contributed by atoms with E-state index in [-0.39, 0.29) is 11.5 Å². The first-order chi connectivity index (χ1) is 13.1. The average molecular weight is 380 g/mol. The molecule has 3 aromatic rings. The van der Waals surface area contributed by atoms with Gasteiger partial charge in [0.05, 0.1) is 20.8 Å². The van der Waals surface area contributed by atoms with Crippen LogP contribution in [0.1, 0.15) is 39.3 Å². The zero-order valence-electron chi connectivity index (χ0n) is 14.9. The lowest BCUT2D eigenvalue weighted by Crippen LogP contribution is -2.36. The van der Waals surface area contributed by atoms with Crippen molar-refractivity contribution < 1.29 is 14.7 Å². The Morgan fingerprint density at radius 1 is 1.15 bits per heavy atom. The average Bonchev–Trinajstić information content (AvgIpc) is 3.09. The van der Waals surface area contributed by atoms with Crippen molar-refractivity contribution in [3.63, 3.8) is 0 Å². The molecule has 1 aromatic heterocycles. The van der Waals surface area contributed by atoms with Gasteiger partial charge in [-0.15, -0.1) is 11.3 Å². The Bertz CT molecular complexity index is 979. The Balaban J connectivity index is 1.34. The fourth-order valence-corrected chi connectivity index (χ4v) is 4.49. The first-order valence-electron chi connectivity index (χ1n) is 9.07. The van der Waals surface area contributed by atoms with Crippen molar-refractivity contribution >= 4 is 33.4 Å². The number of hydrogen-bond acceptors (Lipinski definition) is 4.